The Kier molecular flexibility index (Phi) is 7.69. The van der Waals surface area contributed by atoms with Crippen molar-refractivity contribution in [3.05, 3.63) is 47.5 Å². The number of benzene rings is 2. The lowest BCUT2D eigenvalue weighted by Gasteiger charge is -2.36. The number of nitrogens with one attached hydrogen (secondary N) is 2. The number of likely N-dealkylation sites (N-methyl/N-ethyl adjacent to an activating group) is 1. The van der Waals surface area contributed by atoms with Crippen molar-refractivity contribution in [2.75, 3.05) is 52.8 Å². The van der Waals surface area contributed by atoms with E-state index in [2.05, 4.69) is 20.6 Å². The molecule has 0 unspecified atom stereocenters. The summed E-state index contributed by atoms with van der Waals surface area (Å²) in [5.41, 5.74) is 0.204. The van der Waals surface area contributed by atoms with E-state index in [-0.39, 0.29) is 18.1 Å². The van der Waals surface area contributed by atoms with Crippen LogP contribution in [-0.4, -0.2) is 68.1 Å². The molecule has 1 atom stereocenters. The van der Waals surface area contributed by atoms with Crippen molar-refractivity contribution in [2.45, 2.75) is 12.8 Å². The van der Waals surface area contributed by atoms with E-state index >= 15 is 0 Å². The number of ether oxygens (including phenoxy) is 2. The minimum Gasteiger partial charge on any atom is -0.493 e. The molecule has 2 N–H and O–H groups in total. The average Bonchev–Trinajstić information content (AvgIpc) is 2.84. The van der Waals surface area contributed by atoms with Crippen LogP contribution in [0.4, 0.5) is 15.9 Å². The van der Waals surface area contributed by atoms with Gasteiger partial charge >= 0.3 is 0 Å². The van der Waals surface area contributed by atoms with Gasteiger partial charge in [-0.25, -0.2) is 14.4 Å². The summed E-state index contributed by atoms with van der Waals surface area (Å²) in [6, 6.07) is 7.86. The molecule has 0 aliphatic carbocycles. The van der Waals surface area contributed by atoms with Gasteiger partial charge in [-0.15, -0.1) is 0 Å². The quantitative estimate of drug-likeness (QED) is 0.454. The molecule has 1 saturated heterocycles. The summed E-state index contributed by atoms with van der Waals surface area (Å²) < 4.78 is 26.1. The number of anilines is 2. The second kappa shape index (κ2) is 10.7. The topological polar surface area (TPSA) is 88.6 Å². The van der Waals surface area contributed by atoms with Gasteiger partial charge in [-0.3, -0.25) is 4.79 Å². The summed E-state index contributed by atoms with van der Waals surface area (Å²) in [4.78, 5) is 23.6. The summed E-state index contributed by atoms with van der Waals surface area (Å²) in [6.07, 6.45) is 3.05. The molecule has 0 saturated carbocycles. The van der Waals surface area contributed by atoms with Crippen LogP contribution >= 0.6 is 11.6 Å². The van der Waals surface area contributed by atoms with Gasteiger partial charge in [0.05, 0.1) is 30.3 Å². The van der Waals surface area contributed by atoms with Crippen molar-refractivity contribution in [1.29, 1.82) is 0 Å². The molecular formula is C25H29ClFN5O3. The Morgan fingerprint density at radius 2 is 2.09 bits per heavy atom. The number of hydrogen-bond donors (Lipinski definition) is 2. The van der Waals surface area contributed by atoms with Crippen molar-refractivity contribution < 1.29 is 18.7 Å². The minimum atomic E-state index is -0.618. The second-order valence-corrected chi connectivity index (χ2v) is 9.44. The molecule has 2 aromatic carbocycles. The third-order valence-electron chi connectivity index (χ3n) is 6.13. The summed E-state index contributed by atoms with van der Waals surface area (Å²) in [5, 5.41) is 7.28. The van der Waals surface area contributed by atoms with Crippen LogP contribution in [0.25, 0.3) is 10.9 Å². The fourth-order valence-corrected chi connectivity index (χ4v) is 4.39. The minimum absolute atomic E-state index is 0.147. The Hall–Kier alpha value is -3.01. The number of ketones is 1. The molecule has 8 nitrogen and oxygen atoms in total. The molecule has 4 rings (SSSR count). The van der Waals surface area contributed by atoms with Crippen molar-refractivity contribution in [1.82, 2.24) is 20.2 Å². The number of nitrogens with zero attached hydrogens (tertiary/aromatic N) is 3. The number of methoxy groups -OCH3 is 1. The van der Waals surface area contributed by atoms with E-state index in [9.17, 15) is 9.18 Å². The molecular weight excluding hydrogens is 473 g/mol. The van der Waals surface area contributed by atoms with Gasteiger partial charge in [0, 0.05) is 23.0 Å². The molecule has 1 aromatic heterocycles. The molecule has 186 valence electrons. The van der Waals surface area contributed by atoms with E-state index in [0.29, 0.717) is 46.3 Å². The number of carbonyl (C=O) groups is 1. The molecule has 0 bridgehead atoms. The van der Waals surface area contributed by atoms with Gasteiger partial charge in [0.25, 0.3) is 0 Å². The maximum Gasteiger partial charge on any atom is 0.163 e. The molecule has 3 aromatic rings. The van der Waals surface area contributed by atoms with E-state index in [1.54, 1.807) is 31.4 Å². The van der Waals surface area contributed by atoms with Crippen molar-refractivity contribution in [3.63, 3.8) is 0 Å². The van der Waals surface area contributed by atoms with Crippen LogP contribution in [0.15, 0.2) is 36.7 Å². The molecule has 1 aliphatic heterocycles. The summed E-state index contributed by atoms with van der Waals surface area (Å²) in [7, 11) is 5.31. The van der Waals surface area contributed by atoms with Crippen LogP contribution in [0.1, 0.15) is 12.8 Å². The van der Waals surface area contributed by atoms with Gasteiger partial charge in [0.2, 0.25) is 0 Å². The molecule has 2 heterocycles. The summed E-state index contributed by atoms with van der Waals surface area (Å²) >= 11 is 5.86. The highest BCUT2D eigenvalue weighted by Crippen LogP contribution is 2.37. The smallest absolute Gasteiger partial charge is 0.163 e. The van der Waals surface area contributed by atoms with E-state index in [4.69, 9.17) is 21.1 Å². The lowest BCUT2D eigenvalue weighted by molar-refractivity contribution is -0.132. The predicted molar refractivity (Wildman–Crippen MR) is 134 cm³/mol. The molecule has 1 fully saturated rings. The zero-order valence-electron chi connectivity index (χ0n) is 20.0. The van der Waals surface area contributed by atoms with Crippen LogP contribution in [0, 0.1) is 11.2 Å². The Morgan fingerprint density at radius 1 is 1.26 bits per heavy atom. The number of piperidine rings is 1. The number of Topliss-reactive ketones (excluding diaryl/α,β-unsaturated/α-hetero) is 1. The van der Waals surface area contributed by atoms with E-state index < -0.39 is 11.2 Å². The van der Waals surface area contributed by atoms with Gasteiger partial charge in [-0.1, -0.05) is 11.6 Å². The number of carbonyl (C=O) groups excluding carboxylic acids is 1. The SMILES string of the molecule is COc1cc2c(Nc3ccc(Cl)cc3F)ncnc2cc1OC[C@@]1(C(=O)CN(C)C)CCCNC1. The van der Waals surface area contributed by atoms with Gasteiger partial charge < -0.3 is 25.0 Å². The monoisotopic (exact) mass is 501 g/mol. The van der Waals surface area contributed by atoms with Crippen LogP contribution in [0.3, 0.4) is 0 Å². The Balaban J connectivity index is 1.63. The molecule has 0 spiro atoms. The largest absolute Gasteiger partial charge is 0.493 e. The highest BCUT2D eigenvalue weighted by molar-refractivity contribution is 6.30. The van der Waals surface area contributed by atoms with E-state index in [1.165, 1.54) is 12.4 Å². The lowest BCUT2D eigenvalue weighted by Crippen LogP contribution is -2.51. The number of hydrogen-bond acceptors (Lipinski definition) is 8. The van der Waals surface area contributed by atoms with Crippen LogP contribution in [0.2, 0.25) is 5.02 Å². The Morgan fingerprint density at radius 3 is 2.77 bits per heavy atom. The van der Waals surface area contributed by atoms with Gasteiger partial charge in [-0.2, -0.15) is 0 Å². The van der Waals surface area contributed by atoms with Crippen LogP contribution in [0.5, 0.6) is 11.5 Å². The average molecular weight is 502 g/mol. The first kappa shape index (κ1) is 25.1. The van der Waals surface area contributed by atoms with E-state index in [1.807, 2.05) is 19.0 Å². The van der Waals surface area contributed by atoms with Crippen molar-refractivity contribution >= 4 is 39.8 Å². The molecule has 0 radical (unpaired) electrons. The zero-order chi connectivity index (χ0) is 25.0. The van der Waals surface area contributed by atoms with E-state index in [0.717, 1.165) is 19.4 Å². The molecule has 35 heavy (non-hydrogen) atoms. The first-order valence-corrected chi connectivity index (χ1v) is 11.8. The summed E-state index contributed by atoms with van der Waals surface area (Å²) in [6.45, 7) is 2.03. The fraction of sp³-hybridized carbons (Fsp3) is 0.400. The number of halogens is 2. The number of rotatable bonds is 9. The second-order valence-electron chi connectivity index (χ2n) is 9.00. The van der Waals surface area contributed by atoms with Crippen LogP contribution in [-0.2, 0) is 4.79 Å². The van der Waals surface area contributed by atoms with Crippen molar-refractivity contribution in [3.8, 4) is 11.5 Å². The normalized spacial score (nSPS) is 18.0. The number of aromatic nitrogens is 2. The van der Waals surface area contributed by atoms with Gasteiger partial charge in [0.15, 0.2) is 17.3 Å². The maximum atomic E-state index is 14.3. The fourth-order valence-electron chi connectivity index (χ4n) is 4.23. The maximum absolute atomic E-state index is 14.3. The van der Waals surface area contributed by atoms with Gasteiger partial charge in [-0.05, 0) is 57.7 Å². The molecule has 0 amide bonds. The standard InChI is InChI=1S/C25H29ClFN5O3/c1-32(2)12-23(33)25(7-4-8-28-13-25)14-35-22-11-20-17(10-21(22)34-3)24(30-15-29-20)31-19-6-5-16(26)9-18(19)27/h5-6,9-11,15,28H,4,7-8,12-14H2,1-3H3,(H,29,30,31)/t25-/m1/s1. The third kappa shape index (κ3) is 5.63. The molecule has 1 aliphatic rings. The lowest BCUT2D eigenvalue weighted by atomic mass is 9.77. The van der Waals surface area contributed by atoms with Crippen molar-refractivity contribution in [2.24, 2.45) is 5.41 Å². The molecule has 10 heteroatoms. The predicted octanol–water partition coefficient (Wildman–Crippen LogP) is 4.05. The van der Waals surface area contributed by atoms with Crippen LogP contribution < -0.4 is 20.1 Å². The Labute approximate surface area is 208 Å². The first-order valence-electron chi connectivity index (χ1n) is 11.4. The first-order chi connectivity index (χ1) is 16.8. The van der Waals surface area contributed by atoms with Gasteiger partial charge in [0.1, 0.15) is 24.6 Å². The highest BCUT2D eigenvalue weighted by atomic mass is 35.5. The zero-order valence-corrected chi connectivity index (χ0v) is 20.8. The highest BCUT2D eigenvalue weighted by Gasteiger charge is 2.40. The Bertz CT molecular complexity index is 1220. The number of fused-ring (bicyclic) bond motifs is 1. The third-order valence-corrected chi connectivity index (χ3v) is 6.37. The summed E-state index contributed by atoms with van der Waals surface area (Å²) in [5.74, 6) is 1.00.